The summed E-state index contributed by atoms with van der Waals surface area (Å²) in [6.45, 7) is 0. The Hall–Kier alpha value is -4.52. The standard InChI is InChI=1S/C36H26N2O2S2/c39-33(14-8-22-41-36-37-30-12-5-7-15-34(30)42-36)26-18-21-32-29(23-26)28-11-4-6-13-31(28)38(32)27-19-16-25(17-20-27)35(40)24-9-2-1-3-10-24/h1-7,9-13,15-21,23H,8,14,22H2. The van der Waals surface area contributed by atoms with E-state index in [1.165, 1.54) is 4.70 Å². The minimum absolute atomic E-state index is 0.00556. The maximum absolute atomic E-state index is 13.2. The number of hydrogen-bond acceptors (Lipinski definition) is 5. The van der Waals surface area contributed by atoms with Crippen molar-refractivity contribution in [1.29, 1.82) is 0 Å². The number of nitrogens with zero attached hydrogens (tertiary/aromatic N) is 2. The van der Waals surface area contributed by atoms with Crippen LogP contribution in [0.3, 0.4) is 0 Å². The van der Waals surface area contributed by atoms with Gasteiger partial charge >= 0.3 is 0 Å². The van der Waals surface area contributed by atoms with E-state index in [9.17, 15) is 9.59 Å². The maximum atomic E-state index is 13.2. The highest BCUT2D eigenvalue weighted by atomic mass is 32.2. The summed E-state index contributed by atoms with van der Waals surface area (Å²) >= 11 is 3.43. The van der Waals surface area contributed by atoms with E-state index in [0.29, 0.717) is 17.5 Å². The van der Waals surface area contributed by atoms with Crippen LogP contribution in [0.5, 0.6) is 0 Å². The van der Waals surface area contributed by atoms with Gasteiger partial charge in [0, 0.05) is 45.3 Å². The predicted octanol–water partition coefficient (Wildman–Crippen LogP) is 9.38. The number of rotatable bonds is 9. The fourth-order valence-electron chi connectivity index (χ4n) is 5.39. The quantitative estimate of drug-likeness (QED) is 0.0967. The molecule has 0 amide bonds. The molecule has 5 aromatic carbocycles. The molecule has 0 aliphatic rings. The first kappa shape index (κ1) is 26.4. The second-order valence-electron chi connectivity index (χ2n) is 10.1. The normalized spacial score (nSPS) is 11.4. The molecule has 0 fully saturated rings. The molecule has 2 heterocycles. The van der Waals surface area contributed by atoms with E-state index in [0.717, 1.165) is 55.1 Å². The molecule has 42 heavy (non-hydrogen) atoms. The van der Waals surface area contributed by atoms with Gasteiger partial charge in [-0.25, -0.2) is 4.98 Å². The number of benzene rings is 5. The van der Waals surface area contributed by atoms with Crippen LogP contribution >= 0.6 is 23.1 Å². The van der Waals surface area contributed by atoms with Crippen LogP contribution in [-0.4, -0.2) is 26.9 Å². The van der Waals surface area contributed by atoms with Crippen molar-refractivity contribution in [3.63, 3.8) is 0 Å². The average Bonchev–Trinajstić information content (AvgIpc) is 3.61. The molecule has 0 unspecified atom stereocenters. The third-order valence-electron chi connectivity index (χ3n) is 7.47. The summed E-state index contributed by atoms with van der Waals surface area (Å²) in [6, 6.07) is 39.5. The number of ketones is 2. The fourth-order valence-corrected chi connectivity index (χ4v) is 7.47. The average molecular weight is 583 g/mol. The molecule has 7 rings (SSSR count). The van der Waals surface area contributed by atoms with Gasteiger partial charge in [-0.3, -0.25) is 9.59 Å². The van der Waals surface area contributed by atoms with Gasteiger partial charge in [0.15, 0.2) is 15.9 Å². The van der Waals surface area contributed by atoms with E-state index in [4.69, 9.17) is 0 Å². The molecule has 2 aromatic heterocycles. The highest BCUT2D eigenvalue weighted by molar-refractivity contribution is 8.01. The summed E-state index contributed by atoms with van der Waals surface area (Å²) < 4.78 is 4.44. The largest absolute Gasteiger partial charge is 0.309 e. The highest BCUT2D eigenvalue weighted by Gasteiger charge is 2.16. The van der Waals surface area contributed by atoms with Crippen LogP contribution in [0, 0.1) is 0 Å². The smallest absolute Gasteiger partial charge is 0.193 e. The molecular weight excluding hydrogens is 557 g/mol. The minimum Gasteiger partial charge on any atom is -0.309 e. The highest BCUT2D eigenvalue weighted by Crippen LogP contribution is 2.34. The second-order valence-corrected chi connectivity index (χ2v) is 12.5. The lowest BCUT2D eigenvalue weighted by Gasteiger charge is -2.09. The number of thiazole rings is 1. The first-order valence-corrected chi connectivity index (χ1v) is 15.7. The summed E-state index contributed by atoms with van der Waals surface area (Å²) in [6.07, 6.45) is 1.30. The third-order valence-corrected chi connectivity index (χ3v) is 9.73. The molecular formula is C36H26N2O2S2. The summed E-state index contributed by atoms with van der Waals surface area (Å²) in [5.74, 6) is 1.02. The predicted molar refractivity (Wildman–Crippen MR) is 175 cm³/mol. The van der Waals surface area contributed by atoms with Crippen molar-refractivity contribution >= 4 is 66.7 Å². The molecule has 204 valence electrons. The lowest BCUT2D eigenvalue weighted by Crippen LogP contribution is -2.02. The molecule has 0 saturated heterocycles. The number of Topliss-reactive ketones (excluding diaryl/α,β-unsaturated/α-hetero) is 1. The van der Waals surface area contributed by atoms with Crippen LogP contribution in [0.2, 0.25) is 0 Å². The van der Waals surface area contributed by atoms with Gasteiger partial charge in [-0.15, -0.1) is 11.3 Å². The SMILES string of the molecule is O=C(CCCSc1nc2ccccc2s1)c1ccc2c(c1)c1ccccc1n2-c1ccc(C(=O)c2ccccc2)cc1. The Morgan fingerprint density at radius 2 is 1.38 bits per heavy atom. The van der Waals surface area contributed by atoms with E-state index in [-0.39, 0.29) is 11.6 Å². The minimum atomic E-state index is 0.00556. The third kappa shape index (κ3) is 5.04. The first-order chi connectivity index (χ1) is 20.7. The van der Waals surface area contributed by atoms with Crippen LogP contribution in [0.1, 0.15) is 39.1 Å². The number of aromatic nitrogens is 2. The zero-order chi connectivity index (χ0) is 28.5. The van der Waals surface area contributed by atoms with Crippen molar-refractivity contribution in [2.45, 2.75) is 17.2 Å². The van der Waals surface area contributed by atoms with Gasteiger partial charge in [-0.05, 0) is 67.1 Å². The van der Waals surface area contributed by atoms with Gasteiger partial charge in [-0.2, -0.15) is 0 Å². The van der Waals surface area contributed by atoms with Gasteiger partial charge in [0.25, 0.3) is 0 Å². The lowest BCUT2D eigenvalue weighted by molar-refractivity contribution is 0.0981. The summed E-state index contributed by atoms with van der Waals surface area (Å²) in [7, 11) is 0. The second kappa shape index (κ2) is 11.4. The van der Waals surface area contributed by atoms with Gasteiger partial charge in [0.1, 0.15) is 0 Å². The van der Waals surface area contributed by atoms with E-state index >= 15 is 0 Å². The Bertz CT molecular complexity index is 2040. The van der Waals surface area contributed by atoms with Gasteiger partial charge in [0.05, 0.1) is 21.3 Å². The Morgan fingerprint density at radius 1 is 0.690 bits per heavy atom. The summed E-state index contributed by atoms with van der Waals surface area (Å²) in [4.78, 5) is 30.8. The van der Waals surface area contributed by atoms with Crippen LogP contribution in [0.4, 0.5) is 0 Å². The number of para-hydroxylation sites is 2. The summed E-state index contributed by atoms with van der Waals surface area (Å²) in [5, 5.41) is 2.14. The molecule has 0 aliphatic heterocycles. The molecule has 0 N–H and O–H groups in total. The molecule has 0 saturated carbocycles. The number of thioether (sulfide) groups is 1. The Balaban J connectivity index is 1.11. The van der Waals surface area contributed by atoms with Crippen molar-refractivity contribution in [2.24, 2.45) is 0 Å². The van der Waals surface area contributed by atoms with E-state index in [1.807, 2.05) is 103 Å². The zero-order valence-corrected chi connectivity index (χ0v) is 24.3. The number of carbonyl (C=O) groups is 2. The van der Waals surface area contributed by atoms with Crippen molar-refractivity contribution in [3.05, 3.63) is 138 Å². The summed E-state index contributed by atoms with van der Waals surface area (Å²) in [5.41, 5.74) is 6.16. The fraction of sp³-hybridized carbons (Fsp3) is 0.0833. The van der Waals surface area contributed by atoms with Gasteiger partial charge < -0.3 is 4.57 Å². The molecule has 0 atom stereocenters. The van der Waals surface area contributed by atoms with Crippen molar-refractivity contribution in [1.82, 2.24) is 9.55 Å². The van der Waals surface area contributed by atoms with Crippen LogP contribution in [-0.2, 0) is 0 Å². The maximum Gasteiger partial charge on any atom is 0.193 e. The van der Waals surface area contributed by atoms with Gasteiger partial charge in [-0.1, -0.05) is 72.4 Å². The monoisotopic (exact) mass is 582 g/mol. The number of fused-ring (bicyclic) bond motifs is 4. The Labute approximate surface area is 251 Å². The van der Waals surface area contributed by atoms with Crippen molar-refractivity contribution in [3.8, 4) is 5.69 Å². The first-order valence-electron chi connectivity index (χ1n) is 13.9. The van der Waals surface area contributed by atoms with Gasteiger partial charge in [0.2, 0.25) is 0 Å². The number of hydrogen-bond donors (Lipinski definition) is 0. The van der Waals surface area contributed by atoms with E-state index in [1.54, 1.807) is 23.1 Å². The Kier molecular flexibility index (Phi) is 7.16. The molecule has 0 aliphatic carbocycles. The van der Waals surface area contributed by atoms with E-state index in [2.05, 4.69) is 27.8 Å². The van der Waals surface area contributed by atoms with Crippen LogP contribution in [0.15, 0.2) is 126 Å². The van der Waals surface area contributed by atoms with E-state index < -0.39 is 0 Å². The molecule has 0 bridgehead atoms. The molecule has 6 heteroatoms. The molecule has 0 spiro atoms. The topological polar surface area (TPSA) is 52.0 Å². The lowest BCUT2D eigenvalue weighted by atomic mass is 10.0. The van der Waals surface area contributed by atoms with Crippen LogP contribution in [0.25, 0.3) is 37.7 Å². The zero-order valence-electron chi connectivity index (χ0n) is 22.7. The van der Waals surface area contributed by atoms with Crippen molar-refractivity contribution in [2.75, 3.05) is 5.75 Å². The molecule has 0 radical (unpaired) electrons. The van der Waals surface area contributed by atoms with Crippen LogP contribution < -0.4 is 0 Å². The molecule has 7 aromatic rings. The Morgan fingerprint density at radius 3 is 2.21 bits per heavy atom. The molecule has 4 nitrogen and oxygen atoms in total. The van der Waals surface area contributed by atoms with Crippen molar-refractivity contribution < 1.29 is 9.59 Å². The number of carbonyl (C=O) groups excluding carboxylic acids is 2.